The zero-order valence-electron chi connectivity index (χ0n) is 9.84. The van der Waals surface area contributed by atoms with Crippen molar-refractivity contribution in [3.8, 4) is 0 Å². The number of hydrogen-bond acceptors (Lipinski definition) is 6. The molecule has 0 bridgehead atoms. The highest BCUT2D eigenvalue weighted by molar-refractivity contribution is 7.98. The monoisotopic (exact) mass is 295 g/mol. The summed E-state index contributed by atoms with van der Waals surface area (Å²) < 4.78 is 22.1. The Kier molecular flexibility index (Phi) is 5.03. The Balaban J connectivity index is 2.81. The first-order valence-corrected chi connectivity index (χ1v) is 8.45. The molecule has 1 rings (SSSR count). The van der Waals surface area contributed by atoms with Gasteiger partial charge in [-0.3, -0.25) is 0 Å². The van der Waals surface area contributed by atoms with Crippen molar-refractivity contribution < 1.29 is 8.42 Å². The zero-order valence-corrected chi connectivity index (χ0v) is 12.2. The second-order valence-corrected chi connectivity index (χ2v) is 7.01. The van der Waals surface area contributed by atoms with Gasteiger partial charge in [-0.2, -0.15) is 0 Å². The molecule has 0 saturated carbocycles. The first kappa shape index (κ1) is 14.5. The summed E-state index contributed by atoms with van der Waals surface area (Å²) in [4.78, 5) is 10.0. The molecule has 1 aromatic rings. The van der Waals surface area contributed by atoms with Crippen LogP contribution in [0.1, 0.15) is 0 Å². The number of thioether (sulfide) groups is 1. The van der Waals surface area contributed by atoms with Gasteiger partial charge in [-0.05, 0) is 6.26 Å². The summed E-state index contributed by atoms with van der Waals surface area (Å²) in [6.07, 6.45) is 3.06. The van der Waals surface area contributed by atoms with Gasteiger partial charge in [-0.1, -0.05) is 23.4 Å². The van der Waals surface area contributed by atoms with Crippen molar-refractivity contribution >= 4 is 39.0 Å². The van der Waals surface area contributed by atoms with Crippen molar-refractivity contribution in [2.24, 2.45) is 0 Å². The van der Waals surface area contributed by atoms with E-state index in [2.05, 4.69) is 9.97 Å². The number of aromatic nitrogens is 2. The Morgan fingerprint density at radius 2 is 2.12 bits per heavy atom. The predicted molar refractivity (Wildman–Crippen MR) is 71.8 cm³/mol. The molecule has 17 heavy (non-hydrogen) atoms. The molecule has 96 valence electrons. The Morgan fingerprint density at radius 1 is 1.47 bits per heavy atom. The topological polar surface area (TPSA) is 63.2 Å². The van der Waals surface area contributed by atoms with Gasteiger partial charge in [-0.15, -0.1) is 0 Å². The average Bonchev–Trinajstić information content (AvgIpc) is 2.23. The third kappa shape index (κ3) is 5.10. The molecule has 0 aromatic carbocycles. The normalized spacial score (nSPS) is 11.5. The van der Waals surface area contributed by atoms with Gasteiger partial charge in [0.2, 0.25) is 0 Å². The molecule has 0 fully saturated rings. The van der Waals surface area contributed by atoms with E-state index >= 15 is 0 Å². The highest BCUT2D eigenvalue weighted by atomic mass is 35.5. The van der Waals surface area contributed by atoms with Crippen LogP contribution in [-0.4, -0.2) is 50.2 Å². The summed E-state index contributed by atoms with van der Waals surface area (Å²) in [7, 11) is -1.20. The van der Waals surface area contributed by atoms with Gasteiger partial charge in [0.1, 0.15) is 20.8 Å². The molecule has 0 atom stereocenters. The van der Waals surface area contributed by atoms with E-state index in [0.717, 1.165) is 0 Å². The third-order valence-corrected chi connectivity index (χ3v) is 3.70. The van der Waals surface area contributed by atoms with E-state index in [0.29, 0.717) is 22.7 Å². The minimum Gasteiger partial charge on any atom is -0.358 e. The number of nitrogens with zero attached hydrogens (tertiary/aromatic N) is 3. The van der Waals surface area contributed by atoms with Crippen LogP contribution in [0, 0.1) is 0 Å². The largest absolute Gasteiger partial charge is 0.358 e. The van der Waals surface area contributed by atoms with Crippen molar-refractivity contribution in [1.29, 1.82) is 0 Å². The van der Waals surface area contributed by atoms with Gasteiger partial charge in [0, 0.05) is 25.9 Å². The highest BCUT2D eigenvalue weighted by Crippen LogP contribution is 2.19. The number of halogens is 1. The maximum Gasteiger partial charge on any atom is 0.190 e. The third-order valence-electron chi connectivity index (χ3n) is 2.03. The second kappa shape index (κ2) is 5.88. The number of hydrogen-bond donors (Lipinski definition) is 0. The van der Waals surface area contributed by atoms with Crippen LogP contribution < -0.4 is 4.90 Å². The Morgan fingerprint density at radius 3 is 2.65 bits per heavy atom. The lowest BCUT2D eigenvalue weighted by molar-refractivity contribution is 0.601. The van der Waals surface area contributed by atoms with Gasteiger partial charge < -0.3 is 4.90 Å². The van der Waals surface area contributed by atoms with Crippen molar-refractivity contribution in [3.05, 3.63) is 11.2 Å². The summed E-state index contributed by atoms with van der Waals surface area (Å²) in [5, 5.41) is 0.921. The van der Waals surface area contributed by atoms with Crippen molar-refractivity contribution in [1.82, 2.24) is 9.97 Å². The van der Waals surface area contributed by atoms with Crippen LogP contribution in [0.5, 0.6) is 0 Å². The summed E-state index contributed by atoms with van der Waals surface area (Å²) in [6, 6.07) is 1.61. The summed E-state index contributed by atoms with van der Waals surface area (Å²) in [5.41, 5.74) is 0. The van der Waals surface area contributed by atoms with Crippen LogP contribution in [-0.2, 0) is 9.84 Å². The van der Waals surface area contributed by atoms with Crippen LogP contribution in [0.25, 0.3) is 0 Å². The fourth-order valence-electron chi connectivity index (χ4n) is 1.09. The molecular weight excluding hydrogens is 282 g/mol. The summed E-state index contributed by atoms with van der Waals surface area (Å²) >= 11 is 7.24. The lowest BCUT2D eigenvalue weighted by Gasteiger charge is -2.17. The molecule has 0 saturated heterocycles. The van der Waals surface area contributed by atoms with E-state index in [1.807, 2.05) is 6.26 Å². The van der Waals surface area contributed by atoms with E-state index in [4.69, 9.17) is 11.6 Å². The fourth-order valence-corrected chi connectivity index (χ4v) is 2.30. The minimum atomic E-state index is -2.98. The summed E-state index contributed by atoms with van der Waals surface area (Å²) in [6.45, 7) is 0.375. The Labute approximate surface area is 111 Å². The quantitative estimate of drug-likeness (QED) is 0.464. The van der Waals surface area contributed by atoms with Crippen molar-refractivity contribution in [2.75, 3.05) is 36.8 Å². The first-order valence-electron chi connectivity index (χ1n) is 4.79. The minimum absolute atomic E-state index is 0.0831. The molecule has 5 nitrogen and oxygen atoms in total. The van der Waals surface area contributed by atoms with E-state index in [-0.39, 0.29) is 5.75 Å². The van der Waals surface area contributed by atoms with E-state index in [9.17, 15) is 8.42 Å². The molecule has 0 radical (unpaired) electrons. The van der Waals surface area contributed by atoms with E-state index in [1.54, 1.807) is 18.0 Å². The Hall–Kier alpha value is -0.530. The first-order chi connectivity index (χ1) is 7.81. The van der Waals surface area contributed by atoms with Gasteiger partial charge in [-0.25, -0.2) is 18.4 Å². The fraction of sp³-hybridized carbons (Fsp3) is 0.556. The van der Waals surface area contributed by atoms with Crippen molar-refractivity contribution in [3.63, 3.8) is 0 Å². The standard InChI is InChI=1S/C9H14ClN3O2S2/c1-13(4-5-17(3,14)15)8-6-7(10)11-9(12-8)16-2/h6H,4-5H2,1-3H3. The van der Waals surface area contributed by atoms with Gasteiger partial charge in [0.05, 0.1) is 5.75 Å². The van der Waals surface area contributed by atoms with Gasteiger partial charge in [0.25, 0.3) is 0 Å². The lowest BCUT2D eigenvalue weighted by atomic mass is 10.5. The maximum atomic E-state index is 11.1. The molecule has 0 aliphatic heterocycles. The maximum absolute atomic E-state index is 11.1. The number of sulfone groups is 1. The molecule has 0 aliphatic carbocycles. The molecule has 8 heteroatoms. The molecule has 0 aliphatic rings. The smallest absolute Gasteiger partial charge is 0.190 e. The van der Waals surface area contributed by atoms with E-state index < -0.39 is 9.84 Å². The van der Waals surface area contributed by atoms with Crippen LogP contribution in [0.2, 0.25) is 5.15 Å². The zero-order chi connectivity index (χ0) is 13.1. The van der Waals surface area contributed by atoms with Crippen LogP contribution in [0.3, 0.4) is 0 Å². The second-order valence-electron chi connectivity index (χ2n) is 3.59. The highest BCUT2D eigenvalue weighted by Gasteiger charge is 2.10. The van der Waals surface area contributed by atoms with Crippen LogP contribution in [0.15, 0.2) is 11.2 Å². The van der Waals surface area contributed by atoms with Crippen molar-refractivity contribution in [2.45, 2.75) is 5.16 Å². The number of rotatable bonds is 5. The molecule has 1 heterocycles. The molecule has 0 spiro atoms. The summed E-state index contributed by atoms with van der Waals surface area (Å²) in [5.74, 6) is 0.706. The van der Waals surface area contributed by atoms with Crippen LogP contribution >= 0.6 is 23.4 Å². The Bertz CT molecular complexity index is 493. The SMILES string of the molecule is CSc1nc(Cl)cc(N(C)CCS(C)(=O)=O)n1. The molecular formula is C9H14ClN3O2S2. The van der Waals surface area contributed by atoms with Gasteiger partial charge >= 0.3 is 0 Å². The average molecular weight is 296 g/mol. The molecule has 0 amide bonds. The molecule has 0 unspecified atom stereocenters. The lowest BCUT2D eigenvalue weighted by Crippen LogP contribution is -2.25. The molecule has 0 N–H and O–H groups in total. The molecule has 1 aromatic heterocycles. The van der Waals surface area contributed by atoms with E-state index in [1.165, 1.54) is 18.0 Å². The van der Waals surface area contributed by atoms with Crippen LogP contribution in [0.4, 0.5) is 5.82 Å². The van der Waals surface area contributed by atoms with Gasteiger partial charge in [0.15, 0.2) is 5.16 Å². The number of anilines is 1. The predicted octanol–water partition coefficient (Wildman–Crippen LogP) is 1.33.